The largest absolute Gasteiger partial charge is 0.252 e. The predicted molar refractivity (Wildman–Crippen MR) is 147 cm³/mol. The van der Waals surface area contributed by atoms with Crippen LogP contribution in [0.25, 0.3) is 11.3 Å². The second-order valence-corrected chi connectivity index (χ2v) is 15.5. The molecule has 4 rings (SSSR count). The molecule has 1 aromatic carbocycles. The standard InChI is InChI=1S/C31H46NP/c1-19(2)25-11-9-12-26(20(3)4)30(25)28-13-10-14-29(32-28)31(33(21(5)6)22(7)8)27-18-23-15-16-24(27)17-23/h9-14,19-24,27,31H,15-18H2,1-8H3/t23-,24+,27+,31?/m0/s1. The third-order valence-electron chi connectivity index (χ3n) is 8.41. The molecule has 2 bridgehead atoms. The van der Waals surface area contributed by atoms with E-state index in [2.05, 4.69) is 91.8 Å². The Morgan fingerprint density at radius 1 is 0.758 bits per heavy atom. The fourth-order valence-electron chi connectivity index (χ4n) is 7.11. The molecular formula is C31H46NP. The lowest BCUT2D eigenvalue weighted by Gasteiger charge is -2.40. The van der Waals surface area contributed by atoms with Crippen LogP contribution in [0.3, 0.4) is 0 Å². The third-order valence-corrected chi connectivity index (χ3v) is 12.1. The second kappa shape index (κ2) is 10.2. The van der Waals surface area contributed by atoms with Gasteiger partial charge in [0.05, 0.1) is 5.69 Å². The quantitative estimate of drug-likeness (QED) is 0.355. The Hall–Kier alpha value is -1.20. The van der Waals surface area contributed by atoms with E-state index in [-0.39, 0.29) is 7.92 Å². The van der Waals surface area contributed by atoms with Crippen LogP contribution in [0, 0.1) is 17.8 Å². The van der Waals surface area contributed by atoms with E-state index in [9.17, 15) is 0 Å². The van der Waals surface area contributed by atoms with Crippen molar-refractivity contribution >= 4 is 7.92 Å². The van der Waals surface area contributed by atoms with Crippen LogP contribution in [0.5, 0.6) is 0 Å². The van der Waals surface area contributed by atoms with E-state index in [1.807, 2.05) is 0 Å². The number of hydrogen-bond donors (Lipinski definition) is 0. The summed E-state index contributed by atoms with van der Waals surface area (Å²) < 4.78 is 0. The minimum atomic E-state index is -0.125. The first-order chi connectivity index (χ1) is 15.7. The molecule has 1 heterocycles. The Bertz CT molecular complexity index is 909. The molecule has 0 radical (unpaired) electrons. The van der Waals surface area contributed by atoms with Crippen LogP contribution >= 0.6 is 7.92 Å². The summed E-state index contributed by atoms with van der Waals surface area (Å²) in [6, 6.07) is 13.9. The summed E-state index contributed by atoms with van der Waals surface area (Å²) in [6.45, 7) is 19.2. The van der Waals surface area contributed by atoms with E-state index in [0.29, 0.717) is 17.5 Å². The summed E-state index contributed by atoms with van der Waals surface area (Å²) in [5.74, 6) is 3.74. The van der Waals surface area contributed by atoms with Gasteiger partial charge in [-0.2, -0.15) is 0 Å². The molecule has 0 amide bonds. The van der Waals surface area contributed by atoms with Crippen molar-refractivity contribution in [2.24, 2.45) is 17.8 Å². The van der Waals surface area contributed by atoms with Crippen LogP contribution in [0.15, 0.2) is 36.4 Å². The van der Waals surface area contributed by atoms with Gasteiger partial charge in [0.25, 0.3) is 0 Å². The van der Waals surface area contributed by atoms with Crippen LogP contribution in [0.4, 0.5) is 0 Å². The fraction of sp³-hybridized carbons (Fsp3) is 0.645. The fourth-order valence-corrected chi connectivity index (χ4v) is 10.8. The summed E-state index contributed by atoms with van der Waals surface area (Å²) in [5, 5.41) is 0. The van der Waals surface area contributed by atoms with Gasteiger partial charge in [0.2, 0.25) is 0 Å². The topological polar surface area (TPSA) is 12.9 Å². The molecular weight excluding hydrogens is 417 g/mol. The Kier molecular flexibility index (Phi) is 7.69. The molecule has 180 valence electrons. The van der Waals surface area contributed by atoms with Gasteiger partial charge < -0.3 is 0 Å². The van der Waals surface area contributed by atoms with Gasteiger partial charge in [-0.15, -0.1) is 0 Å². The molecule has 1 unspecified atom stereocenters. The monoisotopic (exact) mass is 463 g/mol. The number of hydrogen-bond acceptors (Lipinski definition) is 1. The molecule has 2 aliphatic carbocycles. The number of nitrogens with zero attached hydrogens (tertiary/aromatic N) is 1. The van der Waals surface area contributed by atoms with Crippen LogP contribution in [0.2, 0.25) is 0 Å². The number of aromatic nitrogens is 1. The SMILES string of the molecule is CC(C)c1cccc(C(C)C)c1-c1cccc(C([C@@H]2C[C@H]3CC[C@@H]2C3)P(C(C)C)C(C)C)n1. The van der Waals surface area contributed by atoms with Crippen LogP contribution in [0.1, 0.15) is 115 Å². The van der Waals surface area contributed by atoms with E-state index in [4.69, 9.17) is 4.98 Å². The highest BCUT2D eigenvalue weighted by Gasteiger charge is 2.47. The highest BCUT2D eigenvalue weighted by molar-refractivity contribution is 7.59. The molecule has 2 heteroatoms. The number of benzene rings is 1. The molecule has 33 heavy (non-hydrogen) atoms. The average molecular weight is 464 g/mol. The van der Waals surface area contributed by atoms with E-state index in [1.54, 1.807) is 0 Å². The third kappa shape index (κ3) is 4.96. The zero-order valence-corrected chi connectivity index (χ0v) is 23.2. The molecule has 4 atom stereocenters. The maximum atomic E-state index is 5.56. The van der Waals surface area contributed by atoms with Gasteiger partial charge in [-0.1, -0.05) is 94.0 Å². The molecule has 1 nitrogen and oxygen atoms in total. The van der Waals surface area contributed by atoms with E-state index < -0.39 is 0 Å². The van der Waals surface area contributed by atoms with Crippen molar-refractivity contribution < 1.29 is 0 Å². The van der Waals surface area contributed by atoms with Crippen molar-refractivity contribution in [2.45, 2.75) is 110 Å². The van der Waals surface area contributed by atoms with Crippen LogP contribution in [-0.2, 0) is 0 Å². The summed E-state index contributed by atoms with van der Waals surface area (Å²) in [4.78, 5) is 5.56. The average Bonchev–Trinajstić information content (AvgIpc) is 3.39. The van der Waals surface area contributed by atoms with Gasteiger partial charge in [-0.3, -0.25) is 4.98 Å². The molecule has 2 aromatic rings. The minimum absolute atomic E-state index is 0.125. The maximum absolute atomic E-state index is 5.56. The van der Waals surface area contributed by atoms with E-state index >= 15 is 0 Å². The summed E-state index contributed by atoms with van der Waals surface area (Å²) in [5.41, 5.74) is 9.00. The highest BCUT2D eigenvalue weighted by atomic mass is 31.1. The Labute approximate surface area is 204 Å². The molecule has 2 fully saturated rings. The number of fused-ring (bicyclic) bond motifs is 2. The zero-order valence-electron chi connectivity index (χ0n) is 22.3. The maximum Gasteiger partial charge on any atom is 0.0711 e. The summed E-state index contributed by atoms with van der Waals surface area (Å²) >= 11 is 0. The van der Waals surface area contributed by atoms with Gasteiger partial charge >= 0.3 is 0 Å². The van der Waals surface area contributed by atoms with Gasteiger partial charge in [-0.25, -0.2) is 0 Å². The van der Waals surface area contributed by atoms with Gasteiger partial charge in [0.1, 0.15) is 0 Å². The predicted octanol–water partition coefficient (Wildman–Crippen LogP) is 9.77. The van der Waals surface area contributed by atoms with Crippen molar-refractivity contribution in [1.29, 1.82) is 0 Å². The van der Waals surface area contributed by atoms with Crippen LogP contribution < -0.4 is 0 Å². The number of rotatable bonds is 8. The van der Waals surface area contributed by atoms with E-state index in [0.717, 1.165) is 29.1 Å². The van der Waals surface area contributed by atoms with Crippen LogP contribution in [-0.4, -0.2) is 16.3 Å². The molecule has 2 aliphatic rings. The van der Waals surface area contributed by atoms with Gasteiger partial charge in [0, 0.05) is 16.9 Å². The smallest absolute Gasteiger partial charge is 0.0711 e. The van der Waals surface area contributed by atoms with Gasteiger partial charge in [0.15, 0.2) is 0 Å². The normalized spacial score (nSPS) is 23.6. The lowest BCUT2D eigenvalue weighted by molar-refractivity contribution is 0.320. The molecule has 0 N–H and O–H groups in total. The Balaban J connectivity index is 1.84. The number of pyridine rings is 1. The highest BCUT2D eigenvalue weighted by Crippen LogP contribution is 2.67. The zero-order chi connectivity index (χ0) is 23.9. The minimum Gasteiger partial charge on any atom is -0.252 e. The molecule has 0 spiro atoms. The van der Waals surface area contributed by atoms with Crippen molar-refractivity contribution in [3.05, 3.63) is 53.2 Å². The first kappa shape index (κ1) is 24.9. The van der Waals surface area contributed by atoms with Crippen molar-refractivity contribution in [1.82, 2.24) is 4.98 Å². The molecule has 1 aromatic heterocycles. The van der Waals surface area contributed by atoms with Crippen molar-refractivity contribution in [3.63, 3.8) is 0 Å². The molecule has 0 aliphatic heterocycles. The Morgan fingerprint density at radius 3 is 1.85 bits per heavy atom. The molecule has 0 saturated heterocycles. The van der Waals surface area contributed by atoms with Gasteiger partial charge in [-0.05, 0) is 83.4 Å². The summed E-state index contributed by atoms with van der Waals surface area (Å²) in [7, 11) is -0.125. The first-order valence-electron chi connectivity index (χ1n) is 13.6. The first-order valence-corrected chi connectivity index (χ1v) is 15.1. The van der Waals surface area contributed by atoms with Crippen molar-refractivity contribution in [3.8, 4) is 11.3 Å². The lowest BCUT2D eigenvalue weighted by Crippen LogP contribution is -2.24. The second-order valence-electron chi connectivity index (χ2n) is 12.0. The summed E-state index contributed by atoms with van der Waals surface area (Å²) in [6.07, 6.45) is 5.86. The lowest BCUT2D eigenvalue weighted by atomic mass is 9.84. The molecule has 2 saturated carbocycles. The van der Waals surface area contributed by atoms with E-state index in [1.165, 1.54) is 53.8 Å². The van der Waals surface area contributed by atoms with Crippen molar-refractivity contribution in [2.75, 3.05) is 0 Å². The Morgan fingerprint density at radius 2 is 1.36 bits per heavy atom.